The number of fused-ring (bicyclic) bond motifs is 1. The van der Waals surface area contributed by atoms with Gasteiger partial charge in [-0.2, -0.15) is 0 Å². The molecule has 0 aliphatic carbocycles. The summed E-state index contributed by atoms with van der Waals surface area (Å²) >= 11 is 0. The van der Waals surface area contributed by atoms with Crippen LogP contribution in [0.4, 0.5) is 0 Å². The van der Waals surface area contributed by atoms with Crippen molar-refractivity contribution in [2.24, 2.45) is 0 Å². The van der Waals surface area contributed by atoms with Gasteiger partial charge in [-0.15, -0.1) is 0 Å². The van der Waals surface area contributed by atoms with Crippen LogP contribution in [0.1, 0.15) is 54.4 Å². The first-order valence-corrected chi connectivity index (χ1v) is 11.3. The van der Waals surface area contributed by atoms with Crippen molar-refractivity contribution in [3.05, 3.63) is 29.3 Å². The van der Waals surface area contributed by atoms with Gasteiger partial charge in [0.15, 0.2) is 0 Å². The fourth-order valence-corrected chi connectivity index (χ4v) is 5.26. The number of hydrogen-bond donors (Lipinski definition) is 1. The predicted molar refractivity (Wildman–Crippen MR) is 112 cm³/mol. The van der Waals surface area contributed by atoms with Gasteiger partial charge in [-0.1, -0.05) is 0 Å². The summed E-state index contributed by atoms with van der Waals surface area (Å²) in [6.45, 7) is 4.09. The van der Waals surface area contributed by atoms with Gasteiger partial charge in [-0.05, 0) is 62.4 Å². The summed E-state index contributed by atoms with van der Waals surface area (Å²) in [4.78, 5) is 40.6. The lowest BCUT2D eigenvalue weighted by Crippen LogP contribution is -2.52. The molecule has 8 heteroatoms. The molecule has 0 saturated carbocycles. The van der Waals surface area contributed by atoms with Crippen molar-refractivity contribution in [2.75, 3.05) is 26.3 Å². The standard InChI is InChI=1S/C23H29N3O5/c27-21-6-5-20(22(28)24-21)26-13-15-12-17(3-4-19(15)23(26)29)31-18-2-1-9-25(14-18)16-7-10-30-11-8-16/h3-4,12,16,18,20H,1-2,5-11,13-14H2,(H,24,27,28)/t18-,20?/m1/s1. The van der Waals surface area contributed by atoms with Crippen molar-refractivity contribution < 1.29 is 23.9 Å². The quantitative estimate of drug-likeness (QED) is 0.733. The maximum absolute atomic E-state index is 12.8. The molecule has 31 heavy (non-hydrogen) atoms. The maximum Gasteiger partial charge on any atom is 0.255 e. The molecule has 0 spiro atoms. The van der Waals surface area contributed by atoms with Crippen LogP contribution in [0.3, 0.4) is 0 Å². The third-order valence-corrected chi connectivity index (χ3v) is 6.91. The maximum atomic E-state index is 12.8. The molecule has 3 fully saturated rings. The van der Waals surface area contributed by atoms with Crippen molar-refractivity contribution in [3.63, 3.8) is 0 Å². The van der Waals surface area contributed by atoms with Gasteiger partial charge >= 0.3 is 0 Å². The number of nitrogens with one attached hydrogen (secondary N) is 1. The smallest absolute Gasteiger partial charge is 0.255 e. The number of carbonyl (C=O) groups is 3. The number of piperidine rings is 2. The van der Waals surface area contributed by atoms with Crippen LogP contribution in [-0.2, 0) is 20.9 Å². The molecule has 3 saturated heterocycles. The van der Waals surface area contributed by atoms with E-state index in [-0.39, 0.29) is 30.2 Å². The van der Waals surface area contributed by atoms with Gasteiger partial charge in [0.1, 0.15) is 17.9 Å². The lowest BCUT2D eigenvalue weighted by molar-refractivity contribution is -0.136. The molecule has 3 amide bonds. The second-order valence-corrected chi connectivity index (χ2v) is 8.94. The summed E-state index contributed by atoms with van der Waals surface area (Å²) in [5, 5.41) is 2.34. The number of nitrogens with zero attached hydrogens (tertiary/aromatic N) is 2. The first kappa shape index (κ1) is 20.5. The summed E-state index contributed by atoms with van der Waals surface area (Å²) in [6.07, 6.45) is 5.09. The van der Waals surface area contributed by atoms with Gasteiger partial charge < -0.3 is 14.4 Å². The molecule has 5 rings (SSSR count). The van der Waals surface area contributed by atoms with Crippen molar-refractivity contribution in [1.82, 2.24) is 15.1 Å². The van der Waals surface area contributed by atoms with Gasteiger partial charge in [0, 0.05) is 44.3 Å². The number of rotatable bonds is 4. The van der Waals surface area contributed by atoms with E-state index in [9.17, 15) is 14.4 Å². The average Bonchev–Trinajstić information content (AvgIpc) is 3.10. The van der Waals surface area contributed by atoms with Gasteiger partial charge in [0.2, 0.25) is 11.8 Å². The minimum Gasteiger partial charge on any atom is -0.489 e. The highest BCUT2D eigenvalue weighted by molar-refractivity contribution is 6.05. The van der Waals surface area contributed by atoms with Crippen LogP contribution in [-0.4, -0.2) is 72.0 Å². The Morgan fingerprint density at radius 2 is 1.90 bits per heavy atom. The highest BCUT2D eigenvalue weighted by atomic mass is 16.5. The van der Waals surface area contributed by atoms with Crippen LogP contribution in [0.2, 0.25) is 0 Å². The Bertz CT molecular complexity index is 882. The molecular formula is C23H29N3O5. The van der Waals surface area contributed by atoms with E-state index in [1.165, 1.54) is 0 Å². The predicted octanol–water partition coefficient (Wildman–Crippen LogP) is 1.47. The van der Waals surface area contributed by atoms with E-state index in [0.717, 1.165) is 63.3 Å². The minimum absolute atomic E-state index is 0.137. The second kappa shape index (κ2) is 8.59. The van der Waals surface area contributed by atoms with E-state index in [1.54, 1.807) is 11.0 Å². The largest absolute Gasteiger partial charge is 0.489 e. The Hall–Kier alpha value is -2.45. The number of benzene rings is 1. The molecule has 0 bridgehead atoms. The number of carbonyl (C=O) groups excluding carboxylic acids is 3. The lowest BCUT2D eigenvalue weighted by Gasteiger charge is -2.39. The van der Waals surface area contributed by atoms with Crippen molar-refractivity contribution in [1.29, 1.82) is 0 Å². The van der Waals surface area contributed by atoms with E-state index in [0.29, 0.717) is 24.6 Å². The van der Waals surface area contributed by atoms with Crippen LogP contribution in [0.25, 0.3) is 0 Å². The van der Waals surface area contributed by atoms with Crippen molar-refractivity contribution in [3.8, 4) is 5.75 Å². The lowest BCUT2D eigenvalue weighted by atomic mass is 10.0. The van der Waals surface area contributed by atoms with E-state index in [2.05, 4.69) is 10.2 Å². The Balaban J connectivity index is 1.24. The van der Waals surface area contributed by atoms with E-state index in [1.807, 2.05) is 12.1 Å². The van der Waals surface area contributed by atoms with E-state index in [4.69, 9.17) is 9.47 Å². The Morgan fingerprint density at radius 3 is 2.71 bits per heavy atom. The molecule has 4 aliphatic heterocycles. The summed E-state index contributed by atoms with van der Waals surface area (Å²) in [5.41, 5.74) is 1.49. The number of ether oxygens (including phenoxy) is 2. The fourth-order valence-electron chi connectivity index (χ4n) is 5.26. The zero-order chi connectivity index (χ0) is 21.4. The number of imide groups is 1. The van der Waals surface area contributed by atoms with Crippen LogP contribution >= 0.6 is 0 Å². The monoisotopic (exact) mass is 427 g/mol. The molecule has 1 unspecified atom stereocenters. The SMILES string of the molecule is O=C1CCC(N2Cc3cc(O[C@@H]4CCCN(C5CCOCC5)C4)ccc3C2=O)C(=O)N1. The number of amides is 3. The molecule has 1 aromatic carbocycles. The van der Waals surface area contributed by atoms with Gasteiger partial charge in [0.25, 0.3) is 5.91 Å². The van der Waals surface area contributed by atoms with Crippen LogP contribution in [0.5, 0.6) is 5.75 Å². The van der Waals surface area contributed by atoms with E-state index >= 15 is 0 Å². The molecule has 1 aromatic rings. The third-order valence-electron chi connectivity index (χ3n) is 6.91. The molecule has 4 heterocycles. The Labute approximate surface area is 181 Å². The first-order chi connectivity index (χ1) is 15.1. The average molecular weight is 428 g/mol. The zero-order valence-electron chi connectivity index (χ0n) is 17.7. The van der Waals surface area contributed by atoms with E-state index < -0.39 is 6.04 Å². The first-order valence-electron chi connectivity index (χ1n) is 11.3. The van der Waals surface area contributed by atoms with Gasteiger partial charge in [0.05, 0.1) is 0 Å². The normalized spacial score (nSPS) is 27.9. The summed E-state index contributed by atoms with van der Waals surface area (Å²) < 4.78 is 11.8. The Morgan fingerprint density at radius 1 is 1.06 bits per heavy atom. The van der Waals surface area contributed by atoms with Crippen molar-refractivity contribution >= 4 is 17.7 Å². The summed E-state index contributed by atoms with van der Waals surface area (Å²) in [5.74, 6) is -0.0393. The highest BCUT2D eigenvalue weighted by Crippen LogP contribution is 2.31. The molecule has 4 aliphatic rings. The highest BCUT2D eigenvalue weighted by Gasteiger charge is 2.39. The molecule has 0 radical (unpaired) electrons. The topological polar surface area (TPSA) is 88.2 Å². The summed E-state index contributed by atoms with van der Waals surface area (Å²) in [6, 6.07) is 5.59. The number of likely N-dealkylation sites (tertiary alicyclic amines) is 1. The second-order valence-electron chi connectivity index (χ2n) is 8.94. The van der Waals surface area contributed by atoms with Crippen molar-refractivity contribution in [2.45, 2.75) is 63.3 Å². The van der Waals surface area contributed by atoms with Crippen LogP contribution in [0, 0.1) is 0 Å². The molecule has 2 atom stereocenters. The number of hydrogen-bond acceptors (Lipinski definition) is 6. The molecule has 8 nitrogen and oxygen atoms in total. The molecular weight excluding hydrogens is 398 g/mol. The molecule has 166 valence electrons. The zero-order valence-corrected chi connectivity index (χ0v) is 17.7. The minimum atomic E-state index is -0.589. The summed E-state index contributed by atoms with van der Waals surface area (Å²) in [7, 11) is 0. The van der Waals surface area contributed by atoms with Crippen LogP contribution < -0.4 is 10.1 Å². The molecule has 1 N–H and O–H groups in total. The third kappa shape index (κ3) is 4.19. The molecule has 0 aromatic heterocycles. The Kier molecular flexibility index (Phi) is 5.67. The van der Waals surface area contributed by atoms with Gasteiger partial charge in [-0.3, -0.25) is 24.6 Å². The van der Waals surface area contributed by atoms with Gasteiger partial charge in [-0.25, -0.2) is 0 Å². The van der Waals surface area contributed by atoms with Crippen LogP contribution in [0.15, 0.2) is 18.2 Å². The fraction of sp³-hybridized carbons (Fsp3) is 0.609.